The Hall–Kier alpha value is -4.02. The number of carbonyl (C=O) groups excluding carboxylic acids is 1. The van der Waals surface area contributed by atoms with Gasteiger partial charge in [-0.1, -0.05) is 30.3 Å². The van der Waals surface area contributed by atoms with Crippen molar-refractivity contribution in [3.8, 4) is 22.9 Å². The zero-order chi connectivity index (χ0) is 30.0. The predicted octanol–water partition coefficient (Wildman–Crippen LogP) is 4.44. The van der Waals surface area contributed by atoms with Crippen LogP contribution in [0.25, 0.3) is 32.8 Å². The smallest absolute Gasteiger partial charge is 0.319 e. The van der Waals surface area contributed by atoms with Gasteiger partial charge in [0.25, 0.3) is 0 Å². The molecule has 1 aromatic heterocycles. The molecule has 3 N–H and O–H groups in total. The largest absolute Gasteiger partial charge is 0.508 e. The molecule has 4 aromatic rings. The van der Waals surface area contributed by atoms with Crippen molar-refractivity contribution in [1.29, 1.82) is 0 Å². The topological polar surface area (TPSA) is 108 Å². The summed E-state index contributed by atoms with van der Waals surface area (Å²) in [6.45, 7) is 4.22. The summed E-state index contributed by atoms with van der Waals surface area (Å²) in [4.78, 5) is 28.4. The highest BCUT2D eigenvalue weighted by molar-refractivity contribution is 6.01. The summed E-state index contributed by atoms with van der Waals surface area (Å²) in [7, 11) is 0. The van der Waals surface area contributed by atoms with Crippen LogP contribution in [0.2, 0.25) is 0 Å². The number of primary amides is 1. The van der Waals surface area contributed by atoms with E-state index in [1.807, 2.05) is 30.3 Å². The van der Waals surface area contributed by atoms with Crippen molar-refractivity contribution in [2.45, 2.75) is 56.1 Å². The Morgan fingerprint density at radius 3 is 2.50 bits per heavy atom. The zero-order valence-electron chi connectivity index (χ0n) is 24.7. The molecule has 9 nitrogen and oxygen atoms in total. The summed E-state index contributed by atoms with van der Waals surface area (Å²) >= 11 is 0. The second kappa shape index (κ2) is 10.6. The summed E-state index contributed by atoms with van der Waals surface area (Å²) in [6, 6.07) is 15.1. The number of phenols is 1. The lowest BCUT2D eigenvalue weighted by Gasteiger charge is -2.41. The average Bonchev–Trinajstić information content (AvgIpc) is 3.65. The summed E-state index contributed by atoms with van der Waals surface area (Å²) in [5.41, 5.74) is 6.74. The number of halogens is 1. The fourth-order valence-corrected chi connectivity index (χ4v) is 8.42. The number of phenolic OH excluding ortho intramolecular Hbond substituents is 1. The molecule has 5 heterocycles. The molecule has 0 radical (unpaired) electrons. The van der Waals surface area contributed by atoms with Gasteiger partial charge in [0, 0.05) is 36.1 Å². The van der Waals surface area contributed by atoms with Gasteiger partial charge in [0.1, 0.15) is 23.7 Å². The van der Waals surface area contributed by atoms with E-state index in [2.05, 4.69) is 14.7 Å². The maximum atomic E-state index is 16.8. The fraction of sp³-hybridized carbons (Fsp3) is 0.441. The van der Waals surface area contributed by atoms with E-state index in [1.165, 1.54) is 0 Å². The standard InChI is InChI=1S/C34H37FN6O3/c35-30-26(28-16-24(42)15-21-5-1-2-6-25(21)28)9-10-27-31(30)37-33(44-20-34-11-3-13-40(34)14-4-12-34)38-32(27)39-17-22-7-8-23(18-39)41(22)19-29(36)43/h1-2,5-6,9-10,15-16,22-23,42H,3-4,7-8,11-14,17-20H2,(H2,36,43). The van der Waals surface area contributed by atoms with Crippen molar-refractivity contribution in [2.75, 3.05) is 44.2 Å². The van der Waals surface area contributed by atoms with Gasteiger partial charge in [0.15, 0.2) is 5.82 Å². The van der Waals surface area contributed by atoms with E-state index >= 15 is 4.39 Å². The number of piperazine rings is 1. The second-order valence-corrected chi connectivity index (χ2v) is 13.0. The molecule has 4 saturated heterocycles. The van der Waals surface area contributed by atoms with Crippen LogP contribution in [0.3, 0.4) is 0 Å². The number of amides is 1. The Morgan fingerprint density at radius 2 is 1.75 bits per heavy atom. The lowest BCUT2D eigenvalue weighted by molar-refractivity contribution is -0.120. The van der Waals surface area contributed by atoms with Crippen molar-refractivity contribution in [3.05, 3.63) is 54.3 Å². The van der Waals surface area contributed by atoms with Gasteiger partial charge in [-0.05, 0) is 86.1 Å². The van der Waals surface area contributed by atoms with E-state index in [-0.39, 0.29) is 47.4 Å². The molecule has 4 aliphatic rings. The highest BCUT2D eigenvalue weighted by Gasteiger charge is 2.45. The van der Waals surface area contributed by atoms with Gasteiger partial charge < -0.3 is 20.5 Å². The number of benzene rings is 3. The summed E-state index contributed by atoms with van der Waals surface area (Å²) in [5, 5.41) is 12.8. The van der Waals surface area contributed by atoms with E-state index in [0.717, 1.165) is 62.4 Å². The molecule has 8 rings (SSSR count). The van der Waals surface area contributed by atoms with E-state index in [9.17, 15) is 9.90 Å². The predicted molar refractivity (Wildman–Crippen MR) is 167 cm³/mol. The third-order valence-corrected chi connectivity index (χ3v) is 10.5. The Bertz CT molecular complexity index is 1760. The summed E-state index contributed by atoms with van der Waals surface area (Å²) < 4.78 is 23.2. The van der Waals surface area contributed by atoms with Crippen molar-refractivity contribution in [3.63, 3.8) is 0 Å². The van der Waals surface area contributed by atoms with Gasteiger partial charge in [0.05, 0.1) is 12.1 Å². The normalized spacial score (nSPS) is 23.1. The molecule has 2 atom stereocenters. The van der Waals surface area contributed by atoms with Gasteiger partial charge in [0.2, 0.25) is 5.91 Å². The molecule has 4 fully saturated rings. The van der Waals surface area contributed by atoms with Crippen LogP contribution < -0.4 is 15.4 Å². The monoisotopic (exact) mass is 596 g/mol. The number of nitrogens with zero attached hydrogens (tertiary/aromatic N) is 5. The number of ether oxygens (including phenoxy) is 1. The Morgan fingerprint density at radius 1 is 1.00 bits per heavy atom. The molecule has 228 valence electrons. The number of hydrogen-bond acceptors (Lipinski definition) is 8. The van der Waals surface area contributed by atoms with E-state index < -0.39 is 5.82 Å². The molecule has 10 heteroatoms. The Balaban J connectivity index is 1.22. The summed E-state index contributed by atoms with van der Waals surface area (Å²) in [6.07, 6.45) is 6.43. The number of hydrogen-bond donors (Lipinski definition) is 2. The first-order valence-electron chi connectivity index (χ1n) is 15.8. The van der Waals surface area contributed by atoms with Crippen LogP contribution >= 0.6 is 0 Å². The molecule has 4 aliphatic heterocycles. The van der Waals surface area contributed by atoms with Crippen LogP contribution in [0.4, 0.5) is 10.2 Å². The molecule has 44 heavy (non-hydrogen) atoms. The van der Waals surface area contributed by atoms with Gasteiger partial charge >= 0.3 is 6.01 Å². The molecular weight excluding hydrogens is 559 g/mol. The molecule has 0 aliphatic carbocycles. The molecule has 0 spiro atoms. The van der Waals surface area contributed by atoms with Crippen LogP contribution in [0, 0.1) is 5.82 Å². The average molecular weight is 597 g/mol. The Labute approximate surface area is 255 Å². The maximum Gasteiger partial charge on any atom is 0.319 e. The van der Waals surface area contributed by atoms with Gasteiger partial charge in [-0.15, -0.1) is 0 Å². The molecule has 0 saturated carbocycles. The van der Waals surface area contributed by atoms with Crippen LogP contribution in [0.1, 0.15) is 38.5 Å². The lowest BCUT2D eigenvalue weighted by Crippen LogP contribution is -2.56. The van der Waals surface area contributed by atoms with Crippen LogP contribution in [0.5, 0.6) is 11.8 Å². The highest BCUT2D eigenvalue weighted by atomic mass is 19.1. The van der Waals surface area contributed by atoms with Crippen LogP contribution in [-0.4, -0.2) is 87.7 Å². The fourth-order valence-electron chi connectivity index (χ4n) is 8.42. The zero-order valence-corrected chi connectivity index (χ0v) is 24.7. The number of aromatic hydroxyl groups is 1. The third kappa shape index (κ3) is 4.54. The van der Waals surface area contributed by atoms with Gasteiger partial charge in [-0.25, -0.2) is 4.39 Å². The maximum absolute atomic E-state index is 16.8. The second-order valence-electron chi connectivity index (χ2n) is 13.0. The first-order chi connectivity index (χ1) is 21.4. The van der Waals surface area contributed by atoms with Crippen molar-refractivity contribution in [1.82, 2.24) is 19.8 Å². The minimum atomic E-state index is -0.469. The third-order valence-electron chi connectivity index (χ3n) is 10.5. The lowest BCUT2D eigenvalue weighted by atomic mass is 9.95. The van der Waals surface area contributed by atoms with E-state index in [1.54, 1.807) is 18.2 Å². The number of fused-ring (bicyclic) bond motifs is 5. The quantitative estimate of drug-likeness (QED) is 0.323. The van der Waals surface area contributed by atoms with Crippen LogP contribution in [0.15, 0.2) is 48.5 Å². The van der Waals surface area contributed by atoms with Crippen molar-refractivity contribution < 1.29 is 19.0 Å². The van der Waals surface area contributed by atoms with Crippen molar-refractivity contribution >= 4 is 33.4 Å². The number of aromatic nitrogens is 2. The van der Waals surface area contributed by atoms with Crippen molar-refractivity contribution in [2.24, 2.45) is 5.73 Å². The minimum Gasteiger partial charge on any atom is -0.508 e. The minimum absolute atomic E-state index is 0.00114. The number of nitrogens with two attached hydrogens (primary N) is 1. The van der Waals surface area contributed by atoms with Gasteiger partial charge in [-0.2, -0.15) is 9.97 Å². The van der Waals surface area contributed by atoms with Crippen LogP contribution in [-0.2, 0) is 4.79 Å². The number of rotatable bonds is 7. The first-order valence-corrected chi connectivity index (χ1v) is 15.8. The van der Waals surface area contributed by atoms with E-state index in [0.29, 0.717) is 42.0 Å². The molecular formula is C34H37FN6O3. The molecule has 3 aromatic carbocycles. The highest BCUT2D eigenvalue weighted by Crippen LogP contribution is 2.42. The van der Waals surface area contributed by atoms with E-state index in [4.69, 9.17) is 20.4 Å². The number of carbonyl (C=O) groups is 1. The first kappa shape index (κ1) is 27.5. The number of anilines is 1. The van der Waals surface area contributed by atoms with Gasteiger partial charge in [-0.3, -0.25) is 14.6 Å². The SMILES string of the molecule is NC(=O)CN1C2CCC1CN(c1nc(OCC34CCCN3CCC4)nc3c(F)c(-c4cc(O)cc5ccccc45)ccc13)C2. The molecule has 2 unspecified atom stereocenters. The summed E-state index contributed by atoms with van der Waals surface area (Å²) in [5.74, 6) is -0.0608. The Kier molecular flexibility index (Phi) is 6.60. The molecule has 1 amide bonds. The molecule has 2 bridgehead atoms.